The molecule has 5 nitrogen and oxygen atoms in total. The molecule has 5 heteroatoms. The Bertz CT molecular complexity index is 501. The Hall–Kier alpha value is -1.88. The van der Waals surface area contributed by atoms with Gasteiger partial charge < -0.3 is 11.1 Å². The number of amides is 2. The first-order valence-electron chi connectivity index (χ1n) is 6.50. The van der Waals surface area contributed by atoms with Crippen LogP contribution in [0.1, 0.15) is 20.3 Å². The Morgan fingerprint density at radius 1 is 1.47 bits per heavy atom. The van der Waals surface area contributed by atoms with Crippen molar-refractivity contribution in [3.8, 4) is 0 Å². The van der Waals surface area contributed by atoms with Gasteiger partial charge in [-0.15, -0.1) is 0 Å². The monoisotopic (exact) mass is 261 g/mol. The highest BCUT2D eigenvalue weighted by Crippen LogP contribution is 2.29. The van der Waals surface area contributed by atoms with Crippen molar-refractivity contribution >= 4 is 23.2 Å². The second-order valence-electron chi connectivity index (χ2n) is 4.90. The van der Waals surface area contributed by atoms with Crippen molar-refractivity contribution in [2.45, 2.75) is 26.3 Å². The molecule has 0 radical (unpaired) electrons. The average molecular weight is 261 g/mol. The molecule has 1 aliphatic rings. The van der Waals surface area contributed by atoms with Gasteiger partial charge in [-0.05, 0) is 18.1 Å². The van der Waals surface area contributed by atoms with Crippen molar-refractivity contribution in [3.05, 3.63) is 24.3 Å². The van der Waals surface area contributed by atoms with Crippen molar-refractivity contribution in [1.82, 2.24) is 0 Å². The summed E-state index contributed by atoms with van der Waals surface area (Å²) in [6.45, 7) is 3.97. The number of nitrogens with two attached hydrogens (primary N) is 1. The number of carbonyl (C=O) groups is 2. The Kier molecular flexibility index (Phi) is 3.85. The Morgan fingerprint density at radius 2 is 2.16 bits per heavy atom. The van der Waals surface area contributed by atoms with Gasteiger partial charge in [0.15, 0.2) is 0 Å². The van der Waals surface area contributed by atoms with Crippen LogP contribution in [0.2, 0.25) is 0 Å². The van der Waals surface area contributed by atoms with Crippen LogP contribution in [0.15, 0.2) is 24.3 Å². The summed E-state index contributed by atoms with van der Waals surface area (Å²) in [6, 6.07) is 6.67. The second-order valence-corrected chi connectivity index (χ2v) is 4.90. The Balaban J connectivity index is 2.30. The normalized spacial score (nSPS) is 17.4. The number of hydrogen-bond donors (Lipinski definition) is 2. The lowest BCUT2D eigenvalue weighted by atomic mass is 9.98. The van der Waals surface area contributed by atoms with Gasteiger partial charge in [-0.2, -0.15) is 0 Å². The molecule has 19 heavy (non-hydrogen) atoms. The minimum Gasteiger partial charge on any atom is -0.323 e. The fraction of sp³-hybridized carbons (Fsp3) is 0.429. The van der Waals surface area contributed by atoms with Crippen molar-refractivity contribution in [3.63, 3.8) is 0 Å². The standard InChI is InChI=1S/C14H19N3O2/c1-3-9(2)13(15)14(19)17-8-12(18)16-10-6-4-5-7-11(10)17/h4-7,9,13H,3,8,15H2,1-2H3,(H,16,18)/t9?,13-/m0/s1. The molecule has 0 saturated carbocycles. The molecule has 102 valence electrons. The third-order valence-electron chi connectivity index (χ3n) is 3.58. The van der Waals surface area contributed by atoms with Crippen LogP contribution < -0.4 is 16.0 Å². The lowest BCUT2D eigenvalue weighted by Crippen LogP contribution is -2.51. The summed E-state index contributed by atoms with van der Waals surface area (Å²) in [6.07, 6.45) is 0.828. The first-order valence-corrected chi connectivity index (χ1v) is 6.50. The molecule has 2 atom stereocenters. The van der Waals surface area contributed by atoms with Gasteiger partial charge in [-0.1, -0.05) is 32.4 Å². The van der Waals surface area contributed by atoms with Crippen LogP contribution in [0.3, 0.4) is 0 Å². The Labute approximate surface area is 112 Å². The topological polar surface area (TPSA) is 75.4 Å². The highest BCUT2D eigenvalue weighted by atomic mass is 16.2. The van der Waals surface area contributed by atoms with E-state index in [1.54, 1.807) is 6.07 Å². The number of benzene rings is 1. The fourth-order valence-electron chi connectivity index (χ4n) is 2.11. The first kappa shape index (κ1) is 13.5. The van der Waals surface area contributed by atoms with Gasteiger partial charge in [0.05, 0.1) is 17.4 Å². The summed E-state index contributed by atoms with van der Waals surface area (Å²) >= 11 is 0. The lowest BCUT2D eigenvalue weighted by Gasteiger charge is -2.32. The van der Waals surface area contributed by atoms with E-state index in [9.17, 15) is 9.59 Å². The molecule has 0 fully saturated rings. The molecular formula is C14H19N3O2. The number of fused-ring (bicyclic) bond motifs is 1. The highest BCUT2D eigenvalue weighted by Gasteiger charge is 2.31. The quantitative estimate of drug-likeness (QED) is 0.862. The van der Waals surface area contributed by atoms with E-state index in [4.69, 9.17) is 5.73 Å². The van der Waals surface area contributed by atoms with Crippen molar-refractivity contribution < 1.29 is 9.59 Å². The number of nitrogens with zero attached hydrogens (tertiary/aromatic N) is 1. The van der Waals surface area contributed by atoms with Crippen LogP contribution in [0.5, 0.6) is 0 Å². The molecule has 0 bridgehead atoms. The van der Waals surface area contributed by atoms with Crippen LogP contribution in [0, 0.1) is 5.92 Å². The van der Waals surface area contributed by atoms with E-state index in [0.717, 1.165) is 6.42 Å². The van der Waals surface area contributed by atoms with E-state index < -0.39 is 6.04 Å². The molecule has 0 saturated heterocycles. The van der Waals surface area contributed by atoms with Crippen LogP contribution in [0.25, 0.3) is 0 Å². The van der Waals surface area contributed by atoms with E-state index in [1.165, 1.54) is 4.90 Å². The summed E-state index contributed by atoms with van der Waals surface area (Å²) < 4.78 is 0. The summed E-state index contributed by atoms with van der Waals surface area (Å²) in [5, 5.41) is 2.75. The maximum Gasteiger partial charge on any atom is 0.244 e. The van der Waals surface area contributed by atoms with Crippen molar-refractivity contribution in [2.24, 2.45) is 11.7 Å². The fourth-order valence-corrected chi connectivity index (χ4v) is 2.11. The summed E-state index contributed by atoms with van der Waals surface area (Å²) in [7, 11) is 0. The minimum atomic E-state index is -0.580. The molecule has 0 aromatic heterocycles. The molecule has 1 aromatic rings. The maximum absolute atomic E-state index is 12.4. The predicted octanol–water partition coefficient (Wildman–Crippen LogP) is 1.35. The van der Waals surface area contributed by atoms with Crippen LogP contribution >= 0.6 is 0 Å². The van der Waals surface area contributed by atoms with E-state index in [2.05, 4.69) is 5.32 Å². The second kappa shape index (κ2) is 5.40. The number of para-hydroxylation sites is 2. The highest BCUT2D eigenvalue weighted by molar-refractivity contribution is 6.11. The van der Waals surface area contributed by atoms with Gasteiger partial charge in [0.2, 0.25) is 11.8 Å². The molecule has 1 unspecified atom stereocenters. The molecule has 0 aliphatic carbocycles. The summed E-state index contributed by atoms with van der Waals surface area (Å²) in [4.78, 5) is 25.6. The molecular weight excluding hydrogens is 242 g/mol. The number of hydrogen-bond acceptors (Lipinski definition) is 3. The van der Waals surface area contributed by atoms with Crippen LogP contribution in [-0.4, -0.2) is 24.4 Å². The third kappa shape index (κ3) is 2.61. The molecule has 0 spiro atoms. The van der Waals surface area contributed by atoms with Gasteiger partial charge in [-0.3, -0.25) is 14.5 Å². The Morgan fingerprint density at radius 3 is 2.84 bits per heavy atom. The van der Waals surface area contributed by atoms with Gasteiger partial charge >= 0.3 is 0 Å². The van der Waals surface area contributed by atoms with Crippen LogP contribution in [-0.2, 0) is 9.59 Å². The molecule has 1 heterocycles. The number of rotatable bonds is 3. The maximum atomic E-state index is 12.4. The van der Waals surface area contributed by atoms with E-state index in [1.807, 2.05) is 32.0 Å². The molecule has 2 rings (SSSR count). The zero-order chi connectivity index (χ0) is 14.0. The zero-order valence-electron chi connectivity index (χ0n) is 11.2. The lowest BCUT2D eigenvalue weighted by molar-refractivity contribution is -0.123. The number of carbonyl (C=O) groups excluding carboxylic acids is 2. The van der Waals surface area contributed by atoms with Crippen molar-refractivity contribution in [2.75, 3.05) is 16.8 Å². The van der Waals surface area contributed by atoms with Gasteiger partial charge in [-0.25, -0.2) is 0 Å². The molecule has 1 aromatic carbocycles. The number of nitrogens with one attached hydrogen (secondary N) is 1. The van der Waals surface area contributed by atoms with Gasteiger partial charge in [0.25, 0.3) is 0 Å². The van der Waals surface area contributed by atoms with E-state index in [-0.39, 0.29) is 24.3 Å². The third-order valence-corrected chi connectivity index (χ3v) is 3.58. The average Bonchev–Trinajstić information content (AvgIpc) is 2.43. The van der Waals surface area contributed by atoms with Gasteiger partial charge in [0, 0.05) is 0 Å². The summed E-state index contributed by atoms with van der Waals surface area (Å²) in [5.41, 5.74) is 7.35. The molecule has 1 aliphatic heterocycles. The minimum absolute atomic E-state index is 0.0278. The predicted molar refractivity (Wildman–Crippen MR) is 74.9 cm³/mol. The SMILES string of the molecule is CCC(C)[C@H](N)C(=O)N1CC(=O)Nc2ccccc21. The zero-order valence-corrected chi connectivity index (χ0v) is 11.2. The number of anilines is 2. The van der Waals surface area contributed by atoms with Crippen molar-refractivity contribution in [1.29, 1.82) is 0 Å². The molecule has 3 N–H and O–H groups in total. The molecule has 2 amide bonds. The first-order chi connectivity index (χ1) is 9.04. The smallest absolute Gasteiger partial charge is 0.244 e. The van der Waals surface area contributed by atoms with Gasteiger partial charge in [0.1, 0.15) is 6.54 Å². The van der Waals surface area contributed by atoms with Crippen LogP contribution in [0.4, 0.5) is 11.4 Å². The largest absolute Gasteiger partial charge is 0.323 e. The van der Waals surface area contributed by atoms with E-state index >= 15 is 0 Å². The van der Waals surface area contributed by atoms with E-state index in [0.29, 0.717) is 11.4 Å². The summed E-state index contributed by atoms with van der Waals surface area (Å²) in [5.74, 6) is -0.301.